The van der Waals surface area contributed by atoms with E-state index in [2.05, 4.69) is 31.4 Å². The number of hydrogen-bond acceptors (Lipinski definition) is 3. The van der Waals surface area contributed by atoms with Crippen LogP contribution in [0.25, 0.3) is 0 Å². The van der Waals surface area contributed by atoms with Crippen LogP contribution in [0.1, 0.15) is 81.6 Å². The van der Waals surface area contributed by atoms with Crippen molar-refractivity contribution in [1.29, 1.82) is 0 Å². The van der Waals surface area contributed by atoms with E-state index in [1.54, 1.807) is 0 Å². The largest absolute Gasteiger partial charge is 0.378 e. The third kappa shape index (κ3) is 8.01. The molecule has 2 amide bonds. The maximum Gasteiger partial charge on any atom is 0.251 e. The van der Waals surface area contributed by atoms with Crippen LogP contribution < -0.4 is 10.6 Å². The molecule has 0 spiro atoms. The molecule has 1 fully saturated rings. The standard InChI is InChI=1S/C23H36N2O3/c1-23(2,3)19-12-10-18(11-13-19)22(27)25-16-14-21(26)24-15-7-17-28-20-8-5-4-6-9-20/h10-13,20H,4-9,14-17H2,1-3H3,(H,24,26)(H,25,27). The van der Waals surface area contributed by atoms with Gasteiger partial charge in [0.1, 0.15) is 0 Å². The minimum atomic E-state index is -0.144. The van der Waals surface area contributed by atoms with E-state index in [-0.39, 0.29) is 23.7 Å². The molecule has 0 bridgehead atoms. The quantitative estimate of drug-likeness (QED) is 0.629. The predicted molar refractivity (Wildman–Crippen MR) is 113 cm³/mol. The van der Waals surface area contributed by atoms with E-state index in [1.807, 2.05) is 24.3 Å². The average Bonchev–Trinajstić information content (AvgIpc) is 2.68. The third-order valence-electron chi connectivity index (χ3n) is 5.20. The van der Waals surface area contributed by atoms with Crippen LogP contribution in [0, 0.1) is 0 Å². The van der Waals surface area contributed by atoms with Gasteiger partial charge in [-0.1, -0.05) is 52.2 Å². The Bertz CT molecular complexity index is 614. The molecule has 156 valence electrons. The zero-order valence-corrected chi connectivity index (χ0v) is 17.7. The normalized spacial score (nSPS) is 15.2. The van der Waals surface area contributed by atoms with Gasteiger partial charge in [-0.2, -0.15) is 0 Å². The molecule has 1 aromatic rings. The molecule has 0 aromatic heterocycles. The molecule has 1 aliphatic rings. The summed E-state index contributed by atoms with van der Waals surface area (Å²) in [7, 11) is 0. The number of hydrogen-bond donors (Lipinski definition) is 2. The fourth-order valence-electron chi connectivity index (χ4n) is 3.38. The van der Waals surface area contributed by atoms with Crippen LogP contribution in [-0.4, -0.2) is 37.6 Å². The molecule has 0 aliphatic heterocycles. The fourth-order valence-corrected chi connectivity index (χ4v) is 3.38. The zero-order valence-electron chi connectivity index (χ0n) is 17.7. The maximum atomic E-state index is 12.2. The molecule has 2 N–H and O–H groups in total. The second-order valence-electron chi connectivity index (χ2n) is 8.67. The summed E-state index contributed by atoms with van der Waals surface area (Å²) in [4.78, 5) is 24.1. The lowest BCUT2D eigenvalue weighted by Crippen LogP contribution is -2.31. The maximum absolute atomic E-state index is 12.2. The summed E-state index contributed by atoms with van der Waals surface area (Å²) < 4.78 is 5.85. The minimum absolute atomic E-state index is 0.0407. The highest BCUT2D eigenvalue weighted by atomic mass is 16.5. The van der Waals surface area contributed by atoms with Crippen molar-refractivity contribution in [3.05, 3.63) is 35.4 Å². The van der Waals surface area contributed by atoms with Crippen LogP contribution in [0.2, 0.25) is 0 Å². The first-order valence-electron chi connectivity index (χ1n) is 10.6. The van der Waals surface area contributed by atoms with Gasteiger partial charge in [-0.3, -0.25) is 9.59 Å². The highest BCUT2D eigenvalue weighted by Gasteiger charge is 2.15. The Morgan fingerprint density at radius 3 is 2.32 bits per heavy atom. The van der Waals surface area contributed by atoms with Crippen LogP contribution in [-0.2, 0) is 14.9 Å². The van der Waals surface area contributed by atoms with Crippen LogP contribution in [0.3, 0.4) is 0 Å². The van der Waals surface area contributed by atoms with Crippen molar-refractivity contribution in [2.24, 2.45) is 0 Å². The first-order chi connectivity index (χ1) is 13.4. The SMILES string of the molecule is CC(C)(C)c1ccc(C(=O)NCCC(=O)NCCCOC2CCCCC2)cc1. The minimum Gasteiger partial charge on any atom is -0.378 e. The molecule has 1 aliphatic carbocycles. The third-order valence-corrected chi connectivity index (χ3v) is 5.20. The van der Waals surface area contributed by atoms with Crippen LogP contribution >= 0.6 is 0 Å². The Morgan fingerprint density at radius 2 is 1.68 bits per heavy atom. The number of rotatable bonds is 9. The monoisotopic (exact) mass is 388 g/mol. The van der Waals surface area contributed by atoms with Gasteiger partial charge in [0.25, 0.3) is 5.91 Å². The molecular formula is C23H36N2O3. The molecule has 0 radical (unpaired) electrons. The number of carbonyl (C=O) groups is 2. The van der Waals surface area contributed by atoms with Crippen molar-refractivity contribution in [3.8, 4) is 0 Å². The van der Waals surface area contributed by atoms with Gasteiger partial charge in [0, 0.05) is 31.7 Å². The molecule has 1 aromatic carbocycles. The first kappa shape index (κ1) is 22.4. The topological polar surface area (TPSA) is 67.4 Å². The van der Waals surface area contributed by atoms with Gasteiger partial charge in [0.15, 0.2) is 0 Å². The van der Waals surface area contributed by atoms with E-state index in [9.17, 15) is 9.59 Å². The van der Waals surface area contributed by atoms with Crippen molar-refractivity contribution in [2.75, 3.05) is 19.7 Å². The van der Waals surface area contributed by atoms with Crippen LogP contribution in [0.15, 0.2) is 24.3 Å². The van der Waals surface area contributed by atoms with Crippen molar-refractivity contribution in [1.82, 2.24) is 10.6 Å². The summed E-state index contributed by atoms with van der Waals surface area (Å²) in [6.45, 7) is 8.08. The van der Waals surface area contributed by atoms with Crippen molar-refractivity contribution in [3.63, 3.8) is 0 Å². The van der Waals surface area contributed by atoms with Gasteiger partial charge in [-0.25, -0.2) is 0 Å². The van der Waals surface area contributed by atoms with Gasteiger partial charge in [0.2, 0.25) is 5.91 Å². The highest BCUT2D eigenvalue weighted by molar-refractivity contribution is 5.94. The van der Waals surface area contributed by atoms with Crippen molar-refractivity contribution >= 4 is 11.8 Å². The number of amides is 2. The lowest BCUT2D eigenvalue weighted by molar-refractivity contribution is -0.121. The van der Waals surface area contributed by atoms with Crippen LogP contribution in [0.4, 0.5) is 0 Å². The second kappa shape index (κ2) is 11.2. The Hall–Kier alpha value is -1.88. The summed E-state index contributed by atoms with van der Waals surface area (Å²) >= 11 is 0. The molecule has 5 heteroatoms. The smallest absolute Gasteiger partial charge is 0.251 e. The summed E-state index contributed by atoms with van der Waals surface area (Å²) in [5, 5.41) is 5.70. The van der Waals surface area contributed by atoms with Gasteiger partial charge >= 0.3 is 0 Å². The van der Waals surface area contributed by atoms with Gasteiger partial charge in [-0.15, -0.1) is 0 Å². The molecule has 0 heterocycles. The van der Waals surface area contributed by atoms with Crippen molar-refractivity contribution < 1.29 is 14.3 Å². The zero-order chi connectivity index (χ0) is 20.4. The van der Waals surface area contributed by atoms with Gasteiger partial charge < -0.3 is 15.4 Å². The lowest BCUT2D eigenvalue weighted by atomic mass is 9.87. The van der Waals surface area contributed by atoms with E-state index in [4.69, 9.17) is 4.74 Å². The molecular weight excluding hydrogens is 352 g/mol. The van der Waals surface area contributed by atoms with Crippen molar-refractivity contribution in [2.45, 2.75) is 77.2 Å². The summed E-state index contributed by atoms with van der Waals surface area (Å²) in [5.74, 6) is -0.185. The van der Waals surface area contributed by atoms with E-state index in [0.29, 0.717) is 31.4 Å². The summed E-state index contributed by atoms with van der Waals surface area (Å²) in [5.41, 5.74) is 1.87. The molecule has 0 saturated heterocycles. The van der Waals surface area contributed by atoms with E-state index < -0.39 is 0 Å². The molecule has 0 atom stereocenters. The second-order valence-corrected chi connectivity index (χ2v) is 8.67. The molecule has 28 heavy (non-hydrogen) atoms. The van der Waals surface area contributed by atoms with Crippen LogP contribution in [0.5, 0.6) is 0 Å². The number of nitrogens with one attached hydrogen (secondary N) is 2. The average molecular weight is 389 g/mol. The highest BCUT2D eigenvalue weighted by Crippen LogP contribution is 2.22. The van der Waals surface area contributed by atoms with E-state index in [0.717, 1.165) is 6.42 Å². The van der Waals surface area contributed by atoms with E-state index >= 15 is 0 Å². The molecule has 2 rings (SSSR count). The summed E-state index contributed by atoms with van der Waals surface area (Å²) in [6.07, 6.45) is 7.74. The first-order valence-corrected chi connectivity index (χ1v) is 10.6. The Labute approximate surface area is 169 Å². The Balaban J connectivity index is 1.55. The predicted octanol–water partition coefficient (Wildman–Crippen LogP) is 3.96. The van der Waals surface area contributed by atoms with E-state index in [1.165, 1.54) is 37.7 Å². The molecule has 0 unspecified atom stereocenters. The lowest BCUT2D eigenvalue weighted by Gasteiger charge is -2.21. The number of carbonyl (C=O) groups excluding carboxylic acids is 2. The Morgan fingerprint density at radius 1 is 1.00 bits per heavy atom. The molecule has 5 nitrogen and oxygen atoms in total. The number of benzene rings is 1. The van der Waals surface area contributed by atoms with Gasteiger partial charge in [0.05, 0.1) is 6.10 Å². The fraction of sp³-hybridized carbons (Fsp3) is 0.652. The number of ether oxygens (including phenoxy) is 1. The van der Waals surface area contributed by atoms with Gasteiger partial charge in [-0.05, 0) is 42.4 Å². The molecule has 1 saturated carbocycles. The Kier molecular flexibility index (Phi) is 8.97. The summed E-state index contributed by atoms with van der Waals surface area (Å²) in [6, 6.07) is 7.64.